The van der Waals surface area contributed by atoms with Gasteiger partial charge in [-0.25, -0.2) is 16.8 Å². The molecule has 196 valence electrons. The van der Waals surface area contributed by atoms with Gasteiger partial charge in [0.2, 0.25) is 26.0 Å². The molecule has 1 saturated heterocycles. The van der Waals surface area contributed by atoms with Gasteiger partial charge >= 0.3 is 0 Å². The highest BCUT2D eigenvalue weighted by Gasteiger charge is 2.32. The first-order chi connectivity index (χ1) is 17.0. The van der Waals surface area contributed by atoms with E-state index in [1.807, 2.05) is 6.92 Å². The van der Waals surface area contributed by atoms with Crippen molar-refractivity contribution >= 4 is 31.9 Å². The molecule has 0 aromatic heterocycles. The molecule has 2 aromatic carbocycles. The van der Waals surface area contributed by atoms with Gasteiger partial charge in [0, 0.05) is 37.7 Å². The highest BCUT2D eigenvalue weighted by atomic mass is 32.2. The summed E-state index contributed by atoms with van der Waals surface area (Å²) in [6.45, 7) is 6.45. The molecule has 10 nitrogen and oxygen atoms in total. The van der Waals surface area contributed by atoms with Crippen LogP contribution in [-0.4, -0.2) is 63.4 Å². The summed E-state index contributed by atoms with van der Waals surface area (Å²) in [5, 5.41) is 0. The first-order valence-corrected chi connectivity index (χ1v) is 14.7. The van der Waals surface area contributed by atoms with E-state index >= 15 is 0 Å². The van der Waals surface area contributed by atoms with E-state index in [-0.39, 0.29) is 28.4 Å². The Labute approximate surface area is 212 Å². The predicted molar refractivity (Wildman–Crippen MR) is 135 cm³/mol. The van der Waals surface area contributed by atoms with Gasteiger partial charge < -0.3 is 0 Å². The van der Waals surface area contributed by atoms with E-state index in [2.05, 4.69) is 10.9 Å². The number of hydrogen-bond acceptors (Lipinski definition) is 6. The normalized spacial score (nSPS) is 15.6. The topological polar surface area (TPSA) is 133 Å². The molecule has 0 bridgehead atoms. The SMILES string of the molecule is CCN(CC)S(=O)(=O)c1ccc(C(=O)NNC(=O)C2CCN(S(=O)(=O)c3ccc(C)cc3)CC2)cc1. The van der Waals surface area contributed by atoms with Crippen molar-refractivity contribution in [2.75, 3.05) is 26.2 Å². The highest BCUT2D eigenvalue weighted by molar-refractivity contribution is 7.89. The van der Waals surface area contributed by atoms with Crippen LogP contribution in [0.1, 0.15) is 42.6 Å². The van der Waals surface area contributed by atoms with Crippen molar-refractivity contribution < 1.29 is 26.4 Å². The molecule has 1 fully saturated rings. The van der Waals surface area contributed by atoms with Crippen molar-refractivity contribution in [3.63, 3.8) is 0 Å². The van der Waals surface area contributed by atoms with Crippen LogP contribution in [-0.2, 0) is 24.8 Å². The van der Waals surface area contributed by atoms with Crippen molar-refractivity contribution in [2.24, 2.45) is 5.92 Å². The smallest absolute Gasteiger partial charge is 0.269 e. The number of nitrogens with zero attached hydrogens (tertiary/aromatic N) is 2. The lowest BCUT2D eigenvalue weighted by Crippen LogP contribution is -2.48. The Bertz CT molecular complexity index is 1280. The van der Waals surface area contributed by atoms with E-state index in [4.69, 9.17) is 0 Å². The quantitative estimate of drug-likeness (QED) is 0.495. The summed E-state index contributed by atoms with van der Waals surface area (Å²) in [6.07, 6.45) is 0.648. The molecular formula is C24H32N4O6S2. The molecule has 2 amide bonds. The van der Waals surface area contributed by atoms with E-state index in [1.165, 1.54) is 32.9 Å². The number of carbonyl (C=O) groups excluding carboxylic acids is 2. The van der Waals surface area contributed by atoms with E-state index in [0.29, 0.717) is 25.9 Å². The molecule has 1 heterocycles. The second-order valence-electron chi connectivity index (χ2n) is 8.55. The molecule has 0 saturated carbocycles. The van der Waals surface area contributed by atoms with Gasteiger partial charge in [-0.15, -0.1) is 0 Å². The van der Waals surface area contributed by atoms with Crippen LogP contribution in [0.15, 0.2) is 58.3 Å². The summed E-state index contributed by atoms with van der Waals surface area (Å²) in [7, 11) is -7.26. The van der Waals surface area contributed by atoms with Crippen molar-refractivity contribution in [1.29, 1.82) is 0 Å². The molecule has 1 aliphatic rings. The minimum Gasteiger partial charge on any atom is -0.273 e. The molecule has 0 spiro atoms. The Morgan fingerprint density at radius 2 is 1.39 bits per heavy atom. The number of piperidine rings is 1. The molecule has 0 unspecified atom stereocenters. The molecule has 2 aromatic rings. The first kappa shape index (κ1) is 27.8. The minimum atomic E-state index is -3.63. The maximum absolute atomic E-state index is 12.8. The van der Waals surface area contributed by atoms with Gasteiger partial charge in [0.1, 0.15) is 0 Å². The van der Waals surface area contributed by atoms with Crippen LogP contribution in [0.25, 0.3) is 0 Å². The molecule has 3 rings (SSSR count). The van der Waals surface area contributed by atoms with E-state index < -0.39 is 37.8 Å². The number of carbonyl (C=O) groups is 2. The zero-order valence-electron chi connectivity index (χ0n) is 20.6. The number of sulfonamides is 2. The number of benzene rings is 2. The van der Waals surface area contributed by atoms with Crippen LogP contribution in [0.4, 0.5) is 0 Å². The van der Waals surface area contributed by atoms with E-state index in [1.54, 1.807) is 38.1 Å². The van der Waals surface area contributed by atoms with Crippen molar-refractivity contribution in [1.82, 2.24) is 19.5 Å². The molecule has 0 aliphatic carbocycles. The van der Waals surface area contributed by atoms with Gasteiger partial charge in [0.15, 0.2) is 0 Å². The minimum absolute atomic E-state index is 0.0825. The molecular weight excluding hydrogens is 504 g/mol. The van der Waals surface area contributed by atoms with E-state index in [9.17, 15) is 26.4 Å². The molecule has 0 atom stereocenters. The fourth-order valence-electron chi connectivity index (χ4n) is 4.00. The number of amides is 2. The molecule has 2 N–H and O–H groups in total. The predicted octanol–water partition coefficient (Wildman–Crippen LogP) is 1.89. The molecule has 36 heavy (non-hydrogen) atoms. The van der Waals surface area contributed by atoms with Crippen LogP contribution in [0.3, 0.4) is 0 Å². The van der Waals surface area contributed by atoms with Gasteiger partial charge in [-0.05, 0) is 56.2 Å². The lowest BCUT2D eigenvalue weighted by atomic mass is 9.98. The van der Waals surface area contributed by atoms with Crippen LogP contribution in [0, 0.1) is 12.8 Å². The fraction of sp³-hybridized carbons (Fsp3) is 0.417. The van der Waals surface area contributed by atoms with Crippen LogP contribution >= 0.6 is 0 Å². The van der Waals surface area contributed by atoms with Gasteiger partial charge in [0.05, 0.1) is 9.79 Å². The summed E-state index contributed by atoms with van der Waals surface area (Å²) >= 11 is 0. The standard InChI is InChI=1S/C24H32N4O6S2/c1-4-27(5-2)35(31,32)22-12-8-19(9-13-22)23(29)25-26-24(30)20-14-16-28(17-15-20)36(33,34)21-10-6-18(3)7-11-21/h6-13,20H,4-5,14-17H2,1-3H3,(H,25,29)(H,26,30). The second-order valence-corrected chi connectivity index (χ2v) is 12.4. The molecule has 12 heteroatoms. The lowest BCUT2D eigenvalue weighted by Gasteiger charge is -2.30. The zero-order valence-corrected chi connectivity index (χ0v) is 22.2. The fourth-order valence-corrected chi connectivity index (χ4v) is 6.93. The molecule has 1 aliphatic heterocycles. The van der Waals surface area contributed by atoms with Gasteiger partial charge in [-0.2, -0.15) is 8.61 Å². The average molecular weight is 537 g/mol. The van der Waals surface area contributed by atoms with Gasteiger partial charge in [-0.1, -0.05) is 31.5 Å². The zero-order chi connectivity index (χ0) is 26.5. The first-order valence-electron chi connectivity index (χ1n) is 11.8. The largest absolute Gasteiger partial charge is 0.273 e. The summed E-state index contributed by atoms with van der Waals surface area (Å²) in [5.41, 5.74) is 5.88. The number of hydrazine groups is 1. The monoisotopic (exact) mass is 536 g/mol. The maximum Gasteiger partial charge on any atom is 0.269 e. The second kappa shape index (κ2) is 11.5. The third kappa shape index (κ3) is 6.12. The number of nitrogens with one attached hydrogen (secondary N) is 2. The Hall–Kier alpha value is -2.80. The summed E-state index contributed by atoms with van der Waals surface area (Å²) in [4.78, 5) is 25.3. The van der Waals surface area contributed by atoms with Crippen LogP contribution in [0.2, 0.25) is 0 Å². The third-order valence-electron chi connectivity index (χ3n) is 6.24. The Morgan fingerprint density at radius 1 is 0.861 bits per heavy atom. The Balaban J connectivity index is 1.53. The van der Waals surface area contributed by atoms with Crippen molar-refractivity contribution in [2.45, 2.75) is 43.4 Å². The van der Waals surface area contributed by atoms with E-state index in [0.717, 1.165) is 5.56 Å². The van der Waals surface area contributed by atoms with Crippen LogP contribution in [0.5, 0.6) is 0 Å². The number of hydrogen-bond donors (Lipinski definition) is 2. The highest BCUT2D eigenvalue weighted by Crippen LogP contribution is 2.24. The number of aryl methyl sites for hydroxylation is 1. The average Bonchev–Trinajstić information content (AvgIpc) is 2.88. The summed E-state index contributed by atoms with van der Waals surface area (Å²) in [5.74, 6) is -1.44. The summed E-state index contributed by atoms with van der Waals surface area (Å²) < 4.78 is 53.5. The van der Waals surface area contributed by atoms with Crippen LogP contribution < -0.4 is 10.9 Å². The maximum atomic E-state index is 12.8. The Morgan fingerprint density at radius 3 is 1.92 bits per heavy atom. The van der Waals surface area contributed by atoms with Crippen molar-refractivity contribution in [3.8, 4) is 0 Å². The van der Waals surface area contributed by atoms with Crippen molar-refractivity contribution in [3.05, 3.63) is 59.7 Å². The third-order valence-corrected chi connectivity index (χ3v) is 10.2. The lowest BCUT2D eigenvalue weighted by molar-refractivity contribution is -0.126. The Kier molecular flexibility index (Phi) is 8.88. The molecule has 0 radical (unpaired) electrons. The van der Waals surface area contributed by atoms with Gasteiger partial charge in [-0.3, -0.25) is 20.4 Å². The summed E-state index contributed by atoms with van der Waals surface area (Å²) in [6, 6.07) is 12.1. The van der Waals surface area contributed by atoms with Gasteiger partial charge in [0.25, 0.3) is 5.91 Å². The number of rotatable bonds is 8.